The average Bonchev–Trinajstić information content (AvgIpc) is 2.60. The fourth-order valence-corrected chi connectivity index (χ4v) is 2.79. The van der Waals surface area contributed by atoms with Crippen LogP contribution in [0.5, 0.6) is 5.75 Å². The first-order valence-electron chi connectivity index (χ1n) is 7.86. The second kappa shape index (κ2) is 6.28. The lowest BCUT2D eigenvalue weighted by Gasteiger charge is -2.20. The number of ketones is 2. The lowest BCUT2D eigenvalue weighted by molar-refractivity contribution is 0.0978. The third-order valence-corrected chi connectivity index (χ3v) is 4.12. The van der Waals surface area contributed by atoms with Crippen LogP contribution in [0.1, 0.15) is 45.7 Å². The fourth-order valence-electron chi connectivity index (χ4n) is 2.79. The van der Waals surface area contributed by atoms with Gasteiger partial charge in [0.1, 0.15) is 5.75 Å². The lowest BCUT2D eigenvalue weighted by atomic mass is 9.84. The largest absolute Gasteiger partial charge is 0.415 e. The number of rotatable bonds is 3. The Labute approximate surface area is 139 Å². The summed E-state index contributed by atoms with van der Waals surface area (Å²) in [6, 6.07) is 11.3. The summed E-state index contributed by atoms with van der Waals surface area (Å²) in [5.41, 5.74) is 1.38. The van der Waals surface area contributed by atoms with Crippen LogP contribution in [0.3, 0.4) is 0 Å². The van der Waals surface area contributed by atoms with Crippen molar-refractivity contribution in [2.75, 3.05) is 13.1 Å². The van der Waals surface area contributed by atoms with Crippen LogP contribution < -0.4 is 4.74 Å². The van der Waals surface area contributed by atoms with E-state index >= 15 is 0 Å². The highest BCUT2D eigenvalue weighted by Crippen LogP contribution is 2.29. The molecule has 122 valence electrons. The smallest absolute Gasteiger partial charge is 0.410 e. The standard InChI is InChI=1S/C19H17NO4/c1-3-20(4-2)19(23)24-12-9-10-15-16(11-12)18(22)14-8-6-5-7-13(14)17(15)21/h5-11H,3-4H2,1-2H3. The molecule has 0 atom stereocenters. The van der Waals surface area contributed by atoms with Crippen LogP contribution in [0, 0.1) is 0 Å². The molecule has 0 spiro atoms. The van der Waals surface area contributed by atoms with E-state index in [1.807, 2.05) is 13.8 Å². The molecule has 0 saturated heterocycles. The van der Waals surface area contributed by atoms with E-state index in [0.29, 0.717) is 29.8 Å². The van der Waals surface area contributed by atoms with Crippen molar-refractivity contribution in [2.45, 2.75) is 13.8 Å². The van der Waals surface area contributed by atoms with E-state index in [0.717, 1.165) is 0 Å². The molecule has 3 rings (SSSR count). The number of carbonyl (C=O) groups is 3. The van der Waals surface area contributed by atoms with Crippen molar-refractivity contribution >= 4 is 17.7 Å². The molecule has 2 aromatic rings. The van der Waals surface area contributed by atoms with E-state index < -0.39 is 6.09 Å². The highest BCUT2D eigenvalue weighted by molar-refractivity contribution is 6.28. The van der Waals surface area contributed by atoms with Crippen molar-refractivity contribution in [3.8, 4) is 5.75 Å². The van der Waals surface area contributed by atoms with E-state index in [-0.39, 0.29) is 22.9 Å². The summed E-state index contributed by atoms with van der Waals surface area (Å²) >= 11 is 0. The van der Waals surface area contributed by atoms with Gasteiger partial charge in [0, 0.05) is 35.3 Å². The normalized spacial score (nSPS) is 12.4. The molecule has 5 heteroatoms. The summed E-state index contributed by atoms with van der Waals surface area (Å²) in [7, 11) is 0. The van der Waals surface area contributed by atoms with Gasteiger partial charge < -0.3 is 9.64 Å². The molecule has 0 unspecified atom stereocenters. The molecule has 2 aromatic carbocycles. The summed E-state index contributed by atoms with van der Waals surface area (Å²) in [4.78, 5) is 38.7. The van der Waals surface area contributed by atoms with Gasteiger partial charge in [0.25, 0.3) is 0 Å². The van der Waals surface area contributed by atoms with Gasteiger partial charge >= 0.3 is 6.09 Å². The van der Waals surface area contributed by atoms with Gasteiger partial charge in [-0.25, -0.2) is 4.79 Å². The molecule has 0 bridgehead atoms. The van der Waals surface area contributed by atoms with Gasteiger partial charge in [-0.05, 0) is 32.0 Å². The maximum atomic E-state index is 12.6. The van der Waals surface area contributed by atoms with Crippen LogP contribution in [-0.4, -0.2) is 35.6 Å². The minimum Gasteiger partial charge on any atom is -0.410 e. The minimum atomic E-state index is -0.477. The maximum Gasteiger partial charge on any atom is 0.415 e. The Balaban J connectivity index is 1.96. The highest BCUT2D eigenvalue weighted by Gasteiger charge is 2.29. The van der Waals surface area contributed by atoms with Gasteiger partial charge in [-0.1, -0.05) is 24.3 Å². The third-order valence-electron chi connectivity index (χ3n) is 4.12. The summed E-state index contributed by atoms with van der Waals surface area (Å²) in [6.45, 7) is 4.78. The predicted octanol–water partition coefficient (Wildman–Crippen LogP) is 3.30. The average molecular weight is 323 g/mol. The fraction of sp³-hybridized carbons (Fsp3) is 0.211. The molecular weight excluding hydrogens is 306 g/mol. The first-order chi connectivity index (χ1) is 11.6. The molecule has 1 aliphatic carbocycles. The number of benzene rings is 2. The summed E-state index contributed by atoms with van der Waals surface area (Å²) in [5.74, 6) is -0.172. The number of nitrogens with zero attached hydrogens (tertiary/aromatic N) is 1. The SMILES string of the molecule is CCN(CC)C(=O)Oc1ccc2c(c1)C(=O)c1ccccc1C2=O. The van der Waals surface area contributed by atoms with Crippen LogP contribution >= 0.6 is 0 Å². The van der Waals surface area contributed by atoms with Crippen LogP contribution in [0.25, 0.3) is 0 Å². The number of amides is 1. The van der Waals surface area contributed by atoms with Gasteiger partial charge in [-0.15, -0.1) is 0 Å². The van der Waals surface area contributed by atoms with Gasteiger partial charge in [-0.3, -0.25) is 9.59 Å². The van der Waals surface area contributed by atoms with Crippen LogP contribution in [0.2, 0.25) is 0 Å². The van der Waals surface area contributed by atoms with Crippen molar-refractivity contribution in [1.82, 2.24) is 4.90 Å². The van der Waals surface area contributed by atoms with Gasteiger partial charge in [0.15, 0.2) is 11.6 Å². The van der Waals surface area contributed by atoms with E-state index in [1.165, 1.54) is 17.0 Å². The minimum absolute atomic E-state index is 0.193. The second-order valence-electron chi connectivity index (χ2n) is 5.45. The van der Waals surface area contributed by atoms with E-state index in [9.17, 15) is 14.4 Å². The van der Waals surface area contributed by atoms with E-state index in [1.54, 1.807) is 30.3 Å². The predicted molar refractivity (Wildman–Crippen MR) is 88.7 cm³/mol. The Hall–Kier alpha value is -2.95. The Morgan fingerprint density at radius 1 is 0.875 bits per heavy atom. The van der Waals surface area contributed by atoms with E-state index in [2.05, 4.69) is 0 Å². The Morgan fingerprint density at radius 2 is 1.42 bits per heavy atom. The van der Waals surface area contributed by atoms with Crippen molar-refractivity contribution < 1.29 is 19.1 Å². The molecule has 24 heavy (non-hydrogen) atoms. The van der Waals surface area contributed by atoms with Crippen molar-refractivity contribution in [1.29, 1.82) is 0 Å². The number of carbonyl (C=O) groups excluding carboxylic acids is 3. The second-order valence-corrected chi connectivity index (χ2v) is 5.45. The molecule has 0 heterocycles. The lowest BCUT2D eigenvalue weighted by Crippen LogP contribution is -2.33. The van der Waals surface area contributed by atoms with Crippen LogP contribution in [-0.2, 0) is 0 Å². The first kappa shape index (κ1) is 15.9. The van der Waals surface area contributed by atoms with Crippen molar-refractivity contribution in [3.05, 3.63) is 64.7 Å². The van der Waals surface area contributed by atoms with E-state index in [4.69, 9.17) is 4.74 Å². The van der Waals surface area contributed by atoms with Crippen LogP contribution in [0.15, 0.2) is 42.5 Å². The van der Waals surface area contributed by atoms with Crippen molar-refractivity contribution in [3.63, 3.8) is 0 Å². The van der Waals surface area contributed by atoms with Gasteiger partial charge in [-0.2, -0.15) is 0 Å². The molecule has 0 aromatic heterocycles. The highest BCUT2D eigenvalue weighted by atomic mass is 16.6. The monoisotopic (exact) mass is 323 g/mol. The molecule has 0 saturated carbocycles. The van der Waals surface area contributed by atoms with Crippen molar-refractivity contribution in [2.24, 2.45) is 0 Å². The molecule has 1 amide bonds. The Morgan fingerprint density at radius 3 is 2.00 bits per heavy atom. The summed E-state index contributed by atoms with van der Waals surface area (Å²) in [6.07, 6.45) is -0.477. The molecule has 0 aliphatic heterocycles. The zero-order valence-electron chi connectivity index (χ0n) is 13.5. The number of hydrogen-bond donors (Lipinski definition) is 0. The van der Waals surface area contributed by atoms with Crippen LogP contribution in [0.4, 0.5) is 4.79 Å². The third kappa shape index (κ3) is 2.58. The maximum absolute atomic E-state index is 12.6. The molecule has 5 nitrogen and oxygen atoms in total. The number of hydrogen-bond acceptors (Lipinski definition) is 4. The summed E-state index contributed by atoms with van der Waals surface area (Å²) in [5, 5.41) is 0. The summed E-state index contributed by atoms with van der Waals surface area (Å²) < 4.78 is 5.32. The van der Waals surface area contributed by atoms with Gasteiger partial charge in [0.2, 0.25) is 0 Å². The Kier molecular flexibility index (Phi) is 4.16. The quantitative estimate of drug-likeness (QED) is 0.742. The molecule has 0 radical (unpaired) electrons. The zero-order valence-corrected chi connectivity index (χ0v) is 13.5. The Bertz CT molecular complexity index is 837. The zero-order chi connectivity index (χ0) is 17.3. The molecule has 0 fully saturated rings. The molecular formula is C19H17NO4. The number of ether oxygens (including phenoxy) is 1. The first-order valence-corrected chi connectivity index (χ1v) is 7.86. The molecule has 0 N–H and O–H groups in total. The number of fused-ring (bicyclic) bond motifs is 2. The van der Waals surface area contributed by atoms with Gasteiger partial charge in [0.05, 0.1) is 0 Å². The topological polar surface area (TPSA) is 63.7 Å². The molecule has 1 aliphatic rings.